The summed E-state index contributed by atoms with van der Waals surface area (Å²) >= 11 is 5.26. The third-order valence-electron chi connectivity index (χ3n) is 5.49. The number of H-pyrrole nitrogens is 1. The van der Waals surface area contributed by atoms with Crippen LogP contribution >= 0.6 is 12.2 Å². The molecule has 1 aromatic heterocycles. The lowest BCUT2D eigenvalue weighted by Crippen LogP contribution is -2.42. The molecule has 3 rings (SSSR count). The van der Waals surface area contributed by atoms with Crippen molar-refractivity contribution in [2.24, 2.45) is 0 Å². The SMILES string of the molecule is CCCCn1c(O)c([C@H]2c3cc(OC)c(OC)cc3CCN2C(C)=O)c(=O)[nH]c1=S. The van der Waals surface area contributed by atoms with Crippen LogP contribution in [0, 0.1) is 4.77 Å². The van der Waals surface area contributed by atoms with Crippen LogP contribution in [0.2, 0.25) is 0 Å². The van der Waals surface area contributed by atoms with Crippen molar-refractivity contribution in [2.45, 2.75) is 45.7 Å². The summed E-state index contributed by atoms with van der Waals surface area (Å²) in [5.74, 6) is 0.655. The summed E-state index contributed by atoms with van der Waals surface area (Å²) in [6, 6.07) is 2.86. The number of rotatable bonds is 6. The van der Waals surface area contributed by atoms with E-state index in [1.807, 2.05) is 13.0 Å². The smallest absolute Gasteiger partial charge is 0.261 e. The third kappa shape index (κ3) is 3.81. The highest BCUT2D eigenvalue weighted by Gasteiger charge is 2.36. The number of aromatic amines is 1. The van der Waals surface area contributed by atoms with E-state index in [9.17, 15) is 14.7 Å². The maximum Gasteiger partial charge on any atom is 0.261 e. The summed E-state index contributed by atoms with van der Waals surface area (Å²) in [4.78, 5) is 29.7. The highest BCUT2D eigenvalue weighted by molar-refractivity contribution is 7.71. The number of hydrogen-bond acceptors (Lipinski definition) is 6. The van der Waals surface area contributed by atoms with E-state index in [2.05, 4.69) is 4.98 Å². The zero-order chi connectivity index (χ0) is 22.0. The molecule has 0 radical (unpaired) electrons. The molecule has 1 aromatic carbocycles. The maximum absolute atomic E-state index is 13.0. The van der Waals surface area contributed by atoms with E-state index in [-0.39, 0.29) is 22.1 Å². The highest BCUT2D eigenvalue weighted by Crippen LogP contribution is 2.42. The van der Waals surface area contributed by atoms with Crippen molar-refractivity contribution in [3.05, 3.63) is 43.9 Å². The van der Waals surface area contributed by atoms with E-state index in [1.165, 1.54) is 18.6 Å². The van der Waals surface area contributed by atoms with Crippen LogP contribution < -0.4 is 15.0 Å². The Morgan fingerprint density at radius 1 is 1.30 bits per heavy atom. The van der Waals surface area contributed by atoms with Gasteiger partial charge in [0.05, 0.1) is 20.3 Å². The number of fused-ring (bicyclic) bond motifs is 1. The topological polar surface area (TPSA) is 96.8 Å². The Labute approximate surface area is 180 Å². The molecule has 2 N–H and O–H groups in total. The number of carbonyl (C=O) groups excluding carboxylic acids is 1. The standard InChI is InChI=1S/C21H27N3O5S/c1-5-6-8-24-20(27)17(19(26)22-21(24)30)18-14-11-16(29-4)15(28-3)10-13(14)7-9-23(18)12(2)25/h10-11,18,27H,5-9H2,1-4H3,(H,22,26,30)/t18-/m1/s1. The summed E-state index contributed by atoms with van der Waals surface area (Å²) in [5.41, 5.74) is 1.23. The number of nitrogens with one attached hydrogen (secondary N) is 1. The molecule has 1 atom stereocenters. The molecule has 2 aromatic rings. The highest BCUT2D eigenvalue weighted by atomic mass is 32.1. The summed E-state index contributed by atoms with van der Waals surface area (Å²) in [5, 5.41) is 11.1. The van der Waals surface area contributed by atoms with Crippen LogP contribution in [0.1, 0.15) is 49.4 Å². The van der Waals surface area contributed by atoms with Gasteiger partial charge in [-0.15, -0.1) is 0 Å². The van der Waals surface area contributed by atoms with Gasteiger partial charge in [-0.2, -0.15) is 0 Å². The van der Waals surface area contributed by atoms with E-state index in [1.54, 1.807) is 18.1 Å². The van der Waals surface area contributed by atoms with Gasteiger partial charge in [0, 0.05) is 20.0 Å². The van der Waals surface area contributed by atoms with Gasteiger partial charge >= 0.3 is 0 Å². The number of amides is 1. The minimum Gasteiger partial charge on any atom is -0.494 e. The van der Waals surface area contributed by atoms with Crippen LogP contribution in [0.5, 0.6) is 17.4 Å². The predicted molar refractivity (Wildman–Crippen MR) is 115 cm³/mol. The lowest BCUT2D eigenvalue weighted by atomic mass is 9.88. The summed E-state index contributed by atoms with van der Waals surface area (Å²) in [6.45, 7) is 4.36. The molecule has 0 fully saturated rings. The first-order valence-corrected chi connectivity index (χ1v) is 10.3. The molecule has 0 saturated carbocycles. The fraction of sp³-hybridized carbons (Fsp3) is 0.476. The Morgan fingerprint density at radius 3 is 2.57 bits per heavy atom. The molecule has 2 heterocycles. The molecule has 9 heteroatoms. The molecule has 0 saturated heterocycles. The van der Waals surface area contributed by atoms with Crippen molar-refractivity contribution in [2.75, 3.05) is 20.8 Å². The zero-order valence-corrected chi connectivity index (χ0v) is 18.5. The largest absolute Gasteiger partial charge is 0.494 e. The van der Waals surface area contributed by atoms with E-state index in [0.29, 0.717) is 36.6 Å². The van der Waals surface area contributed by atoms with Crippen LogP contribution in [0.15, 0.2) is 16.9 Å². The number of methoxy groups -OCH3 is 2. The average molecular weight is 434 g/mol. The molecule has 1 amide bonds. The molecular formula is C21H27N3O5S. The molecule has 0 aliphatic carbocycles. The van der Waals surface area contributed by atoms with Crippen molar-refractivity contribution >= 4 is 18.1 Å². The van der Waals surface area contributed by atoms with Gasteiger partial charge < -0.3 is 19.5 Å². The Morgan fingerprint density at radius 2 is 1.97 bits per heavy atom. The summed E-state index contributed by atoms with van der Waals surface area (Å²) in [7, 11) is 3.09. The van der Waals surface area contributed by atoms with E-state index in [0.717, 1.165) is 18.4 Å². The van der Waals surface area contributed by atoms with Crippen molar-refractivity contribution in [3.63, 3.8) is 0 Å². The molecule has 162 valence electrons. The van der Waals surface area contributed by atoms with Gasteiger partial charge in [-0.3, -0.25) is 19.1 Å². The number of nitrogens with zero attached hydrogens (tertiary/aromatic N) is 2. The normalized spacial score (nSPS) is 15.6. The first-order valence-electron chi connectivity index (χ1n) is 9.91. The Bertz CT molecular complexity index is 1080. The Kier molecular flexibility index (Phi) is 6.50. The van der Waals surface area contributed by atoms with Gasteiger partial charge in [0.25, 0.3) is 5.56 Å². The number of aromatic hydroxyl groups is 1. The van der Waals surface area contributed by atoms with Gasteiger partial charge in [-0.05, 0) is 48.3 Å². The number of aromatic nitrogens is 2. The van der Waals surface area contributed by atoms with Crippen molar-refractivity contribution in [3.8, 4) is 17.4 Å². The Hall–Kier alpha value is -2.81. The number of carbonyl (C=O) groups is 1. The van der Waals surface area contributed by atoms with E-state index < -0.39 is 11.6 Å². The van der Waals surface area contributed by atoms with Gasteiger partial charge in [-0.1, -0.05) is 13.3 Å². The van der Waals surface area contributed by atoms with Gasteiger partial charge in [0.15, 0.2) is 16.3 Å². The molecule has 0 spiro atoms. The first kappa shape index (κ1) is 21.9. The Balaban J connectivity index is 2.29. The van der Waals surface area contributed by atoms with Crippen LogP contribution in [-0.4, -0.2) is 46.2 Å². The lowest BCUT2D eigenvalue weighted by Gasteiger charge is -2.37. The quantitative estimate of drug-likeness (QED) is 0.680. The molecule has 0 bridgehead atoms. The second kappa shape index (κ2) is 8.91. The fourth-order valence-electron chi connectivity index (χ4n) is 3.94. The average Bonchev–Trinajstić information content (AvgIpc) is 2.72. The number of ether oxygens (including phenoxy) is 2. The van der Waals surface area contributed by atoms with Crippen LogP contribution in [0.4, 0.5) is 0 Å². The van der Waals surface area contributed by atoms with Crippen LogP contribution in [0.3, 0.4) is 0 Å². The maximum atomic E-state index is 13.0. The molecule has 30 heavy (non-hydrogen) atoms. The fourth-order valence-corrected chi connectivity index (χ4v) is 4.21. The predicted octanol–water partition coefficient (Wildman–Crippen LogP) is 2.92. The van der Waals surface area contributed by atoms with Gasteiger partial charge in [0.1, 0.15) is 5.56 Å². The minimum atomic E-state index is -0.765. The molecule has 1 aliphatic rings. The van der Waals surface area contributed by atoms with Crippen molar-refractivity contribution in [1.82, 2.24) is 14.5 Å². The van der Waals surface area contributed by atoms with Gasteiger partial charge in [-0.25, -0.2) is 0 Å². The minimum absolute atomic E-state index is 0.100. The van der Waals surface area contributed by atoms with Crippen LogP contribution in [-0.2, 0) is 17.8 Å². The number of hydrogen-bond donors (Lipinski definition) is 2. The number of unbranched alkanes of at least 4 members (excludes halogenated alkanes) is 1. The van der Waals surface area contributed by atoms with Crippen LogP contribution in [0.25, 0.3) is 0 Å². The van der Waals surface area contributed by atoms with E-state index >= 15 is 0 Å². The second-order valence-electron chi connectivity index (χ2n) is 7.27. The number of benzene rings is 1. The van der Waals surface area contributed by atoms with Crippen molar-refractivity contribution in [1.29, 1.82) is 0 Å². The van der Waals surface area contributed by atoms with E-state index in [4.69, 9.17) is 21.7 Å². The lowest BCUT2D eigenvalue weighted by molar-refractivity contribution is -0.130. The molecule has 8 nitrogen and oxygen atoms in total. The zero-order valence-electron chi connectivity index (χ0n) is 17.7. The second-order valence-corrected chi connectivity index (χ2v) is 7.66. The first-order chi connectivity index (χ1) is 14.3. The molecular weight excluding hydrogens is 406 g/mol. The monoisotopic (exact) mass is 433 g/mol. The van der Waals surface area contributed by atoms with Gasteiger partial charge in [0.2, 0.25) is 11.8 Å². The van der Waals surface area contributed by atoms with Crippen molar-refractivity contribution < 1.29 is 19.4 Å². The summed E-state index contributed by atoms with van der Waals surface area (Å²) in [6.07, 6.45) is 2.29. The summed E-state index contributed by atoms with van der Waals surface area (Å²) < 4.78 is 12.5. The third-order valence-corrected chi connectivity index (χ3v) is 5.82. The molecule has 1 aliphatic heterocycles. The molecule has 0 unspecified atom stereocenters.